The van der Waals surface area contributed by atoms with Crippen molar-refractivity contribution in [3.05, 3.63) is 48.0 Å². The van der Waals surface area contributed by atoms with E-state index >= 15 is 0 Å². The summed E-state index contributed by atoms with van der Waals surface area (Å²) in [7, 11) is 0. The van der Waals surface area contributed by atoms with Gasteiger partial charge in [0.25, 0.3) is 0 Å². The zero-order chi connectivity index (χ0) is 19.5. The fraction of sp³-hybridized carbons (Fsp3) is 0.478. The lowest BCUT2D eigenvalue weighted by Crippen LogP contribution is -2.15. The molecule has 2 rings (SSSR count). The van der Waals surface area contributed by atoms with Gasteiger partial charge in [-0.2, -0.15) is 0 Å². The van der Waals surface area contributed by atoms with E-state index in [0.29, 0.717) is 6.42 Å². The number of rotatable bonds is 11. The molecule has 0 heterocycles. The molecule has 0 saturated carbocycles. The van der Waals surface area contributed by atoms with E-state index in [0.717, 1.165) is 42.0 Å². The Balaban J connectivity index is 1.63. The predicted octanol–water partition coefficient (Wildman–Crippen LogP) is 5.57. The summed E-state index contributed by atoms with van der Waals surface area (Å²) in [6.45, 7) is 4.32. The van der Waals surface area contributed by atoms with E-state index in [4.69, 9.17) is 9.47 Å². The average Bonchev–Trinajstić information content (AvgIpc) is 2.66. The molecular weight excluding hydrogens is 340 g/mol. The minimum atomic E-state index is -0.285. The molecule has 0 aliphatic rings. The summed E-state index contributed by atoms with van der Waals surface area (Å²) in [5, 5.41) is 2.29. The van der Waals surface area contributed by atoms with Gasteiger partial charge in [-0.3, -0.25) is 9.59 Å². The van der Waals surface area contributed by atoms with Crippen LogP contribution in [0.25, 0.3) is 10.8 Å². The lowest BCUT2D eigenvalue weighted by Gasteiger charge is -2.12. The van der Waals surface area contributed by atoms with Gasteiger partial charge in [0.05, 0.1) is 6.10 Å². The van der Waals surface area contributed by atoms with Gasteiger partial charge in [-0.05, 0) is 48.6 Å². The van der Waals surface area contributed by atoms with Crippen LogP contribution in [0.15, 0.2) is 42.5 Å². The Morgan fingerprint density at radius 3 is 2.44 bits per heavy atom. The van der Waals surface area contributed by atoms with Crippen LogP contribution in [0.4, 0.5) is 0 Å². The third-order valence-electron chi connectivity index (χ3n) is 4.52. The number of fused-ring (bicyclic) bond motifs is 1. The van der Waals surface area contributed by atoms with Crippen LogP contribution < -0.4 is 0 Å². The molecule has 2 aromatic carbocycles. The van der Waals surface area contributed by atoms with Gasteiger partial charge in [-0.25, -0.2) is 0 Å². The summed E-state index contributed by atoms with van der Waals surface area (Å²) < 4.78 is 10.7. The second kappa shape index (κ2) is 11.4. The summed E-state index contributed by atoms with van der Waals surface area (Å²) in [4.78, 5) is 23.7. The lowest BCUT2D eigenvalue weighted by atomic mass is 10.1. The van der Waals surface area contributed by atoms with Crippen molar-refractivity contribution >= 4 is 22.7 Å². The van der Waals surface area contributed by atoms with Crippen LogP contribution in [-0.2, 0) is 25.7 Å². The zero-order valence-electron chi connectivity index (χ0n) is 16.4. The van der Waals surface area contributed by atoms with E-state index in [9.17, 15) is 9.59 Å². The van der Waals surface area contributed by atoms with Crippen LogP contribution >= 0.6 is 0 Å². The second-order valence-electron chi connectivity index (χ2n) is 6.99. The number of hydrogen-bond donors (Lipinski definition) is 0. The smallest absolute Gasteiger partial charge is 0.306 e. The van der Waals surface area contributed by atoms with Gasteiger partial charge in [0, 0.05) is 12.8 Å². The number of unbranched alkanes of at least 4 members (excludes halogenated alkanes) is 2. The highest BCUT2D eigenvalue weighted by Gasteiger charge is 2.11. The topological polar surface area (TPSA) is 52.6 Å². The van der Waals surface area contributed by atoms with Crippen LogP contribution in [0.1, 0.15) is 64.4 Å². The first-order chi connectivity index (χ1) is 13.1. The first-order valence-electron chi connectivity index (χ1n) is 9.91. The van der Waals surface area contributed by atoms with E-state index in [1.54, 1.807) is 0 Å². The summed E-state index contributed by atoms with van der Waals surface area (Å²) in [5.74, 6) is -0.520. The standard InChI is InChI=1S/C23H30O4/c1-3-4-5-9-18(2)27-23(25)13-8-12-22(24)26-17-19-14-15-20-10-6-7-11-21(20)16-19/h6-7,10-11,14-16,18H,3-5,8-9,12-13,17H2,1-2H3. The average molecular weight is 370 g/mol. The third-order valence-corrected chi connectivity index (χ3v) is 4.52. The second-order valence-corrected chi connectivity index (χ2v) is 6.99. The Kier molecular flexibility index (Phi) is 8.82. The molecule has 0 spiro atoms. The largest absolute Gasteiger partial charge is 0.463 e. The van der Waals surface area contributed by atoms with E-state index in [1.165, 1.54) is 0 Å². The van der Waals surface area contributed by atoms with Gasteiger partial charge >= 0.3 is 11.9 Å². The first kappa shape index (κ1) is 20.9. The minimum Gasteiger partial charge on any atom is -0.463 e. The molecule has 146 valence electrons. The van der Waals surface area contributed by atoms with Crippen molar-refractivity contribution < 1.29 is 19.1 Å². The Morgan fingerprint density at radius 2 is 1.67 bits per heavy atom. The Morgan fingerprint density at radius 1 is 0.926 bits per heavy atom. The molecule has 0 N–H and O–H groups in total. The maximum Gasteiger partial charge on any atom is 0.306 e. The maximum absolute atomic E-state index is 11.9. The molecule has 4 nitrogen and oxygen atoms in total. The van der Waals surface area contributed by atoms with E-state index in [1.807, 2.05) is 43.3 Å². The first-order valence-corrected chi connectivity index (χ1v) is 9.91. The zero-order valence-corrected chi connectivity index (χ0v) is 16.4. The van der Waals surface area contributed by atoms with Crippen molar-refractivity contribution in [1.29, 1.82) is 0 Å². The molecule has 0 amide bonds. The lowest BCUT2D eigenvalue weighted by molar-refractivity contribution is -0.149. The molecule has 1 unspecified atom stereocenters. The van der Waals surface area contributed by atoms with Crippen LogP contribution in [0, 0.1) is 0 Å². The van der Waals surface area contributed by atoms with Crippen molar-refractivity contribution in [1.82, 2.24) is 0 Å². The molecule has 1 atom stereocenters. The van der Waals surface area contributed by atoms with E-state index in [2.05, 4.69) is 13.0 Å². The van der Waals surface area contributed by atoms with E-state index < -0.39 is 0 Å². The monoisotopic (exact) mass is 370 g/mol. The van der Waals surface area contributed by atoms with Gasteiger partial charge in [0.15, 0.2) is 0 Å². The van der Waals surface area contributed by atoms with Crippen molar-refractivity contribution in [2.45, 2.75) is 71.5 Å². The van der Waals surface area contributed by atoms with E-state index in [-0.39, 0.29) is 37.5 Å². The van der Waals surface area contributed by atoms with Gasteiger partial charge in [-0.15, -0.1) is 0 Å². The number of ether oxygens (including phenoxy) is 2. The number of hydrogen-bond acceptors (Lipinski definition) is 4. The fourth-order valence-corrected chi connectivity index (χ4v) is 2.97. The van der Waals surface area contributed by atoms with Crippen LogP contribution in [-0.4, -0.2) is 18.0 Å². The number of carbonyl (C=O) groups is 2. The minimum absolute atomic E-state index is 0.0519. The number of benzene rings is 2. The summed E-state index contributed by atoms with van der Waals surface area (Å²) in [5.41, 5.74) is 0.961. The highest BCUT2D eigenvalue weighted by atomic mass is 16.5. The molecule has 0 bridgehead atoms. The van der Waals surface area contributed by atoms with Crippen LogP contribution in [0.5, 0.6) is 0 Å². The SMILES string of the molecule is CCCCCC(C)OC(=O)CCCC(=O)OCc1ccc2ccccc2c1. The number of carbonyl (C=O) groups excluding carboxylic acids is 2. The molecule has 0 aliphatic carbocycles. The Labute approximate surface area is 161 Å². The Bertz CT molecular complexity index is 738. The summed E-state index contributed by atoms with van der Waals surface area (Å²) in [6.07, 6.45) is 5.17. The normalized spacial score (nSPS) is 11.9. The predicted molar refractivity (Wildman–Crippen MR) is 107 cm³/mol. The Hall–Kier alpha value is -2.36. The molecule has 0 radical (unpaired) electrons. The van der Waals surface area contributed by atoms with Crippen LogP contribution in [0.3, 0.4) is 0 Å². The maximum atomic E-state index is 11.9. The van der Waals surface area contributed by atoms with Crippen molar-refractivity contribution in [2.24, 2.45) is 0 Å². The molecule has 0 aliphatic heterocycles. The van der Waals surface area contributed by atoms with Crippen LogP contribution in [0.2, 0.25) is 0 Å². The molecule has 2 aromatic rings. The summed E-state index contributed by atoms with van der Waals surface area (Å²) >= 11 is 0. The van der Waals surface area contributed by atoms with Gasteiger partial charge < -0.3 is 9.47 Å². The van der Waals surface area contributed by atoms with Crippen molar-refractivity contribution in [3.63, 3.8) is 0 Å². The highest BCUT2D eigenvalue weighted by Crippen LogP contribution is 2.16. The molecule has 0 saturated heterocycles. The third kappa shape index (κ3) is 7.81. The molecule has 27 heavy (non-hydrogen) atoms. The fourth-order valence-electron chi connectivity index (χ4n) is 2.97. The quantitative estimate of drug-likeness (QED) is 0.383. The molecular formula is C23H30O4. The molecule has 4 heteroatoms. The molecule has 0 fully saturated rings. The summed E-state index contributed by atoms with van der Waals surface area (Å²) in [6, 6.07) is 14.1. The molecule has 0 aromatic heterocycles. The van der Waals surface area contributed by atoms with Crippen molar-refractivity contribution in [3.8, 4) is 0 Å². The van der Waals surface area contributed by atoms with Crippen molar-refractivity contribution in [2.75, 3.05) is 0 Å². The van der Waals surface area contributed by atoms with Gasteiger partial charge in [-0.1, -0.05) is 56.2 Å². The van der Waals surface area contributed by atoms with Gasteiger partial charge in [0.1, 0.15) is 6.61 Å². The number of esters is 2. The van der Waals surface area contributed by atoms with Gasteiger partial charge in [0.2, 0.25) is 0 Å². The highest BCUT2D eigenvalue weighted by molar-refractivity contribution is 5.83.